The predicted octanol–water partition coefficient (Wildman–Crippen LogP) is 8.68. The Kier molecular flexibility index (Phi) is 17.9. The summed E-state index contributed by atoms with van der Waals surface area (Å²) in [7, 11) is -7.48. The second-order valence-electron chi connectivity index (χ2n) is 14.7. The fourth-order valence-corrected chi connectivity index (χ4v) is 7.11. The van der Waals surface area contributed by atoms with Gasteiger partial charge < -0.3 is 40.2 Å². The number of nitrogens with two attached hydrogens (primary N) is 3. The molecule has 0 radical (unpaired) electrons. The lowest BCUT2D eigenvalue weighted by Crippen LogP contribution is -2.12. The molecule has 9 N–H and O–H groups in total. The summed E-state index contributed by atoms with van der Waals surface area (Å²) in [5, 5.41) is 26.4. The van der Waals surface area contributed by atoms with E-state index in [0.29, 0.717) is 58.0 Å². The Bertz CT molecular complexity index is 3310. The summed E-state index contributed by atoms with van der Waals surface area (Å²) in [4.78, 5) is 15.4. The van der Waals surface area contributed by atoms with Crippen LogP contribution in [0.3, 0.4) is 0 Å². The molecule has 0 amide bonds. The third-order valence-corrected chi connectivity index (χ3v) is 11.0. The number of halogens is 3. The van der Waals surface area contributed by atoms with Crippen LogP contribution in [-0.4, -0.2) is 47.1 Å². The van der Waals surface area contributed by atoms with Gasteiger partial charge in [0.1, 0.15) is 47.6 Å². The molecule has 20 nitrogen and oxygen atoms in total. The Balaban J connectivity index is 0.000000219. The number of aromatic nitrogens is 6. The van der Waals surface area contributed by atoms with Gasteiger partial charge in [0.05, 0.1) is 22.2 Å². The van der Waals surface area contributed by atoms with E-state index in [1.165, 1.54) is 36.4 Å². The van der Waals surface area contributed by atoms with Crippen LogP contribution in [0.15, 0.2) is 128 Å². The Labute approximate surface area is 406 Å². The van der Waals surface area contributed by atoms with E-state index >= 15 is 0 Å². The van der Waals surface area contributed by atoms with Crippen molar-refractivity contribution in [2.75, 3.05) is 21.7 Å². The third kappa shape index (κ3) is 15.6. The van der Waals surface area contributed by atoms with Crippen molar-refractivity contribution in [2.45, 2.75) is 58.1 Å². The molecule has 0 bridgehead atoms. The number of rotatable bonds is 14. The number of primary sulfonamides is 2. The summed E-state index contributed by atoms with van der Waals surface area (Å²) in [5.41, 5.74) is 10.4. The van der Waals surface area contributed by atoms with Crippen LogP contribution in [0, 0.1) is 39.3 Å². The Morgan fingerprint density at radius 3 is 1.54 bits per heavy atom. The minimum Gasteiger partial charge on any atom is -0.487 e. The van der Waals surface area contributed by atoms with Crippen LogP contribution in [0.25, 0.3) is 0 Å². The van der Waals surface area contributed by atoms with Crippen LogP contribution in [0.5, 0.6) is 11.5 Å². The van der Waals surface area contributed by atoms with Crippen molar-refractivity contribution in [1.82, 2.24) is 30.2 Å². The fourth-order valence-electron chi connectivity index (χ4n) is 5.85. The second kappa shape index (κ2) is 23.5. The topological polar surface area (TPSA) is 305 Å². The number of nitrogens with one attached hydrogen (secondary N) is 3. The molecule has 4 heterocycles. The van der Waals surface area contributed by atoms with Gasteiger partial charge in [0.15, 0.2) is 23.3 Å². The first-order valence-electron chi connectivity index (χ1n) is 20.0. The lowest BCUT2D eigenvalue weighted by molar-refractivity contribution is 0.286. The van der Waals surface area contributed by atoms with Gasteiger partial charge in [-0.2, -0.15) is 9.97 Å². The van der Waals surface area contributed by atoms with E-state index in [2.05, 4.69) is 46.2 Å². The van der Waals surface area contributed by atoms with E-state index < -0.39 is 31.7 Å². The third-order valence-electron chi connectivity index (χ3n) is 9.04. The van der Waals surface area contributed by atoms with Gasteiger partial charge in [-0.05, 0) is 123 Å². The molecule has 0 spiro atoms. The van der Waals surface area contributed by atoms with Gasteiger partial charge in [-0.3, -0.25) is 0 Å². The summed E-state index contributed by atoms with van der Waals surface area (Å²) in [5.74, 6) is 1.54. The van der Waals surface area contributed by atoms with Gasteiger partial charge >= 0.3 is 0 Å². The van der Waals surface area contributed by atoms with Gasteiger partial charge in [-0.25, -0.2) is 45.9 Å². The highest BCUT2D eigenvalue weighted by Gasteiger charge is 2.14. The lowest BCUT2D eigenvalue weighted by Gasteiger charge is -2.12. The van der Waals surface area contributed by atoms with Gasteiger partial charge in [-0.1, -0.05) is 29.9 Å². The lowest BCUT2D eigenvalue weighted by atomic mass is 10.2. The van der Waals surface area contributed by atoms with Crippen molar-refractivity contribution in [3.8, 4) is 11.5 Å². The van der Waals surface area contributed by atoms with E-state index in [-0.39, 0.29) is 46.7 Å². The number of nitrogens with zero attached hydrogens (tertiary/aromatic N) is 6. The summed E-state index contributed by atoms with van der Waals surface area (Å²) < 4.78 is 94.0. The van der Waals surface area contributed by atoms with Crippen LogP contribution < -0.4 is 41.4 Å². The van der Waals surface area contributed by atoms with E-state index in [1.54, 1.807) is 55.5 Å². The number of ether oxygens (including phenoxy) is 2. The first-order chi connectivity index (χ1) is 32.7. The maximum absolute atomic E-state index is 14.4. The number of anilines is 7. The zero-order valence-electron chi connectivity index (χ0n) is 36.9. The molecule has 8 aromatic rings. The summed E-state index contributed by atoms with van der Waals surface area (Å²) in [6.45, 7) is 7.93. The van der Waals surface area contributed by atoms with Crippen LogP contribution in [0.2, 0.25) is 5.28 Å². The van der Waals surface area contributed by atoms with Crippen molar-refractivity contribution in [2.24, 2.45) is 10.3 Å². The number of benzene rings is 4. The van der Waals surface area contributed by atoms with Crippen LogP contribution in [0.1, 0.15) is 41.5 Å². The maximum atomic E-state index is 14.4. The number of hydrogen-bond donors (Lipinski definition) is 6. The quantitative estimate of drug-likeness (QED) is 0.0438. The molecule has 8 rings (SSSR count). The molecule has 0 atom stereocenters. The van der Waals surface area contributed by atoms with Crippen molar-refractivity contribution in [1.29, 1.82) is 0 Å². The number of nitrogen functional groups attached to an aromatic ring is 1. The summed E-state index contributed by atoms with van der Waals surface area (Å²) >= 11 is 5.68. The van der Waals surface area contributed by atoms with Crippen molar-refractivity contribution >= 4 is 72.0 Å². The first kappa shape index (κ1) is 53.2. The average Bonchev–Trinajstić information content (AvgIpc) is 3.92. The fraction of sp³-hybridized carbons (Fsp3) is 0.156. The summed E-state index contributed by atoms with van der Waals surface area (Å²) in [6, 6.07) is 25.9. The Hall–Kier alpha value is -7.77. The molecule has 0 aliphatic carbocycles. The molecule has 25 heteroatoms. The van der Waals surface area contributed by atoms with E-state index in [4.69, 9.17) is 46.1 Å². The molecular weight excluding hydrogens is 974 g/mol. The zero-order valence-corrected chi connectivity index (χ0v) is 39.3. The average molecular weight is 1020 g/mol. The minimum atomic E-state index is -3.87. The van der Waals surface area contributed by atoms with Crippen LogP contribution in [-0.2, 0) is 33.3 Å². The van der Waals surface area contributed by atoms with Gasteiger partial charge in [-0.15, -0.1) is 0 Å². The monoisotopic (exact) mass is 1020 g/mol. The van der Waals surface area contributed by atoms with Gasteiger partial charge in [0.2, 0.25) is 31.3 Å². The molecule has 0 unspecified atom stereocenters. The molecule has 4 aromatic carbocycles. The highest BCUT2D eigenvalue weighted by molar-refractivity contribution is 7.89. The summed E-state index contributed by atoms with van der Waals surface area (Å²) in [6.07, 6.45) is 2.02. The minimum absolute atomic E-state index is 0. The van der Waals surface area contributed by atoms with E-state index in [9.17, 15) is 25.6 Å². The molecule has 0 saturated carbocycles. The first-order valence-corrected chi connectivity index (χ1v) is 23.5. The standard InChI is InChI=1S/C22H21FN6O4S.C16H14ClFN4O2.C6H8N2O2S.CH4/c1-13-8-16(6-7-20(13)32-12-17-9-14(2)33-29-17)26-21-19(23)11-25-22(28-21)27-15-4-3-5-18(10-15)34(24,30)31;1-9-5-11(20-15-13(18)7-19-16(17)21-15)3-4-14(9)23-8-12-6-10(2)24-22-12;7-5-2-1-3-6(4-5)11(8,9)10;/h3-11H,12H2,1-2H3,(H2,24,30,31)(H2,25,26,27,28);3-7H,8H2,1-2H3,(H,19,20,21);1-4H,7H2,(H2,8,9,10);1H4. The largest absolute Gasteiger partial charge is 0.487 e. The molecule has 0 aliphatic heterocycles. The molecule has 0 aliphatic rings. The Morgan fingerprint density at radius 1 is 0.614 bits per heavy atom. The predicted molar refractivity (Wildman–Crippen MR) is 259 cm³/mol. The van der Waals surface area contributed by atoms with E-state index in [1.807, 2.05) is 32.9 Å². The molecule has 368 valence electrons. The van der Waals surface area contributed by atoms with Crippen molar-refractivity contribution in [3.63, 3.8) is 0 Å². The smallest absolute Gasteiger partial charge is 0.238 e. The van der Waals surface area contributed by atoms with Crippen molar-refractivity contribution < 1.29 is 44.1 Å². The Morgan fingerprint density at radius 2 is 1.09 bits per heavy atom. The number of sulfonamides is 2. The molecule has 0 saturated heterocycles. The van der Waals surface area contributed by atoms with Crippen molar-refractivity contribution in [3.05, 3.63) is 160 Å². The number of aryl methyl sites for hydroxylation is 4. The van der Waals surface area contributed by atoms with Crippen LogP contribution in [0.4, 0.5) is 49.1 Å². The molecule has 70 heavy (non-hydrogen) atoms. The molecular formula is C45H47ClF2N12O8S2. The highest BCUT2D eigenvalue weighted by Crippen LogP contribution is 2.28. The van der Waals surface area contributed by atoms with E-state index in [0.717, 1.165) is 29.3 Å². The second-order valence-corrected chi connectivity index (χ2v) is 18.1. The number of hydrogen-bond acceptors (Lipinski definition) is 18. The molecule has 4 aromatic heterocycles. The molecule has 0 fully saturated rings. The normalized spacial score (nSPS) is 10.9. The highest BCUT2D eigenvalue weighted by atomic mass is 35.5. The van der Waals surface area contributed by atoms with Gasteiger partial charge in [0, 0.05) is 34.9 Å². The zero-order chi connectivity index (χ0) is 49.9. The SMILES string of the molecule is C.Cc1cc(COc2ccc(Nc3nc(Cl)ncc3F)cc2C)no1.Cc1cc(COc2ccc(Nc3nc(Nc4cccc(S(N)(=O)=O)c4)ncc3F)cc2C)no1.Nc1cccc(S(N)(=O)=O)c1. The van der Waals surface area contributed by atoms with Gasteiger partial charge in [0.25, 0.3) is 0 Å². The maximum Gasteiger partial charge on any atom is 0.238 e. The van der Waals surface area contributed by atoms with Crippen LogP contribution >= 0.6 is 11.6 Å².